The minimum Gasteiger partial charge on any atom is -0.476 e. The third-order valence-corrected chi connectivity index (χ3v) is 1.93. The maximum absolute atomic E-state index is 9.79. The van der Waals surface area contributed by atoms with Gasteiger partial charge in [0.2, 0.25) is 0 Å². The van der Waals surface area contributed by atoms with Gasteiger partial charge in [0.05, 0.1) is 6.26 Å². The molecule has 3 heteroatoms. The molecule has 0 radical (unpaired) electrons. The summed E-state index contributed by atoms with van der Waals surface area (Å²) >= 11 is 0. The average Bonchev–Trinajstić information content (AvgIpc) is 2.71. The second-order valence-electron chi connectivity index (χ2n) is 2.83. The fraction of sp³-hybridized carbons (Fsp3) is 0. The summed E-state index contributed by atoms with van der Waals surface area (Å²) in [5.74, 6) is 0. The van der Waals surface area contributed by atoms with Gasteiger partial charge in [-0.15, -0.1) is 0 Å². The van der Waals surface area contributed by atoms with Crippen LogP contribution in [-0.4, -0.2) is 11.9 Å². The Hall–Kier alpha value is -1.48. The topological polar surface area (TPSA) is 33.4 Å². The minimum absolute atomic E-state index is 0.575. The average molecular weight is 172 g/mol. The van der Waals surface area contributed by atoms with Crippen LogP contribution < -0.4 is 11.1 Å². The maximum atomic E-state index is 9.79. The Balaban J connectivity index is 2.29. The van der Waals surface area contributed by atoms with Crippen LogP contribution in [0.2, 0.25) is 0 Å². The largest absolute Gasteiger partial charge is 0.476 e. The lowest BCUT2D eigenvalue weighted by atomic mass is 9.59. The van der Waals surface area contributed by atoms with E-state index < -0.39 is 6.92 Å². The molecule has 0 aliphatic carbocycles. The second kappa shape index (κ2) is 3.50. The fourth-order valence-corrected chi connectivity index (χ4v) is 1.25. The van der Waals surface area contributed by atoms with E-state index in [1.807, 2.05) is 30.3 Å². The molecular weight excluding hydrogens is 163 g/mol. The van der Waals surface area contributed by atoms with E-state index in [0.717, 1.165) is 5.46 Å². The van der Waals surface area contributed by atoms with Crippen molar-refractivity contribution in [2.75, 3.05) is 0 Å². The van der Waals surface area contributed by atoms with Crippen molar-refractivity contribution >= 4 is 18.0 Å². The van der Waals surface area contributed by atoms with Crippen molar-refractivity contribution < 1.29 is 9.44 Å². The number of rotatable bonds is 2. The Labute approximate surface area is 76.9 Å². The fourth-order valence-electron chi connectivity index (χ4n) is 1.25. The van der Waals surface area contributed by atoms with Gasteiger partial charge in [0.15, 0.2) is 0 Å². The van der Waals surface area contributed by atoms with Crippen LogP contribution in [0.25, 0.3) is 0 Å². The summed E-state index contributed by atoms with van der Waals surface area (Å²) < 4.78 is 5.10. The molecule has 2 rings (SSSR count). The molecule has 1 heterocycles. The van der Waals surface area contributed by atoms with Crippen LogP contribution in [0.1, 0.15) is 0 Å². The third-order valence-electron chi connectivity index (χ3n) is 1.93. The lowest BCUT2D eigenvalue weighted by Gasteiger charge is -2.01. The van der Waals surface area contributed by atoms with E-state index in [9.17, 15) is 5.02 Å². The molecule has 0 fully saturated rings. The molecule has 0 unspecified atom stereocenters. The monoisotopic (exact) mass is 172 g/mol. The number of hydrogen-bond donors (Lipinski definition) is 1. The van der Waals surface area contributed by atoms with Crippen molar-refractivity contribution in [3.8, 4) is 0 Å². The summed E-state index contributed by atoms with van der Waals surface area (Å²) in [7, 11) is 0. The van der Waals surface area contributed by atoms with Gasteiger partial charge in [-0.25, -0.2) is 0 Å². The highest BCUT2D eigenvalue weighted by Gasteiger charge is 2.18. The predicted octanol–water partition coefficient (Wildman–Crippen LogP) is 0.378. The minimum atomic E-state index is -0.656. The predicted molar refractivity (Wildman–Crippen MR) is 52.4 cm³/mol. The Morgan fingerprint density at radius 1 is 1.00 bits per heavy atom. The van der Waals surface area contributed by atoms with E-state index in [4.69, 9.17) is 4.42 Å². The van der Waals surface area contributed by atoms with E-state index in [2.05, 4.69) is 0 Å². The van der Waals surface area contributed by atoms with Gasteiger partial charge in [0, 0.05) is 0 Å². The lowest BCUT2D eigenvalue weighted by Crippen LogP contribution is -2.41. The molecule has 1 aromatic carbocycles. The normalized spacial score (nSPS) is 9.92. The van der Waals surface area contributed by atoms with Crippen molar-refractivity contribution in [2.24, 2.45) is 0 Å². The third kappa shape index (κ3) is 1.65. The SMILES string of the molecule is OB(c1ccccc1)c1ccco1. The molecule has 0 atom stereocenters. The van der Waals surface area contributed by atoms with E-state index in [1.165, 1.54) is 0 Å². The molecule has 2 aromatic rings. The molecule has 0 spiro atoms. The Bertz CT molecular complexity index is 356. The summed E-state index contributed by atoms with van der Waals surface area (Å²) in [4.78, 5) is 0. The first-order chi connectivity index (χ1) is 6.38. The van der Waals surface area contributed by atoms with Crippen molar-refractivity contribution in [1.29, 1.82) is 0 Å². The van der Waals surface area contributed by atoms with Crippen LogP contribution in [0.3, 0.4) is 0 Å². The zero-order valence-electron chi connectivity index (χ0n) is 7.05. The molecule has 0 aliphatic rings. The van der Waals surface area contributed by atoms with Crippen LogP contribution in [0.5, 0.6) is 0 Å². The van der Waals surface area contributed by atoms with Crippen molar-refractivity contribution in [3.05, 3.63) is 48.7 Å². The van der Waals surface area contributed by atoms with Crippen LogP contribution in [0.15, 0.2) is 53.1 Å². The Kier molecular flexibility index (Phi) is 2.19. The number of hydrogen-bond acceptors (Lipinski definition) is 2. The highest BCUT2D eigenvalue weighted by molar-refractivity contribution is 6.77. The van der Waals surface area contributed by atoms with Gasteiger partial charge in [-0.2, -0.15) is 0 Å². The molecule has 0 saturated heterocycles. The molecule has 64 valence electrons. The van der Waals surface area contributed by atoms with Gasteiger partial charge in [-0.05, 0) is 17.6 Å². The second-order valence-corrected chi connectivity index (χ2v) is 2.83. The number of furan rings is 1. The summed E-state index contributed by atoms with van der Waals surface area (Å²) in [5, 5.41) is 9.79. The van der Waals surface area contributed by atoms with Crippen LogP contribution in [0.4, 0.5) is 0 Å². The zero-order valence-corrected chi connectivity index (χ0v) is 7.05. The molecule has 0 amide bonds. The first-order valence-corrected chi connectivity index (χ1v) is 4.14. The van der Waals surface area contributed by atoms with E-state index in [1.54, 1.807) is 18.4 Å². The zero-order chi connectivity index (χ0) is 9.10. The van der Waals surface area contributed by atoms with E-state index in [0.29, 0.717) is 5.66 Å². The summed E-state index contributed by atoms with van der Waals surface area (Å²) in [5.41, 5.74) is 1.42. The molecule has 1 N–H and O–H groups in total. The van der Waals surface area contributed by atoms with Gasteiger partial charge >= 0.3 is 6.92 Å². The van der Waals surface area contributed by atoms with Crippen LogP contribution in [0, 0.1) is 0 Å². The van der Waals surface area contributed by atoms with Gasteiger partial charge < -0.3 is 9.44 Å². The Morgan fingerprint density at radius 3 is 2.38 bits per heavy atom. The molecule has 0 aliphatic heterocycles. The lowest BCUT2D eigenvalue weighted by molar-refractivity contribution is 0.553. The first kappa shape index (κ1) is 8.14. The number of benzene rings is 1. The molecule has 2 nitrogen and oxygen atoms in total. The molecule has 13 heavy (non-hydrogen) atoms. The molecular formula is C10H9BO2. The molecule has 0 bridgehead atoms. The van der Waals surface area contributed by atoms with Crippen molar-refractivity contribution in [2.45, 2.75) is 0 Å². The van der Waals surface area contributed by atoms with Crippen molar-refractivity contribution in [1.82, 2.24) is 0 Å². The molecule has 1 aromatic heterocycles. The Morgan fingerprint density at radius 2 is 1.77 bits per heavy atom. The quantitative estimate of drug-likeness (QED) is 0.664. The van der Waals surface area contributed by atoms with Gasteiger partial charge in [-0.1, -0.05) is 30.3 Å². The first-order valence-electron chi connectivity index (χ1n) is 4.14. The highest BCUT2D eigenvalue weighted by atomic mass is 16.3. The standard InChI is InChI=1S/C10H9BO2/c12-11(10-7-4-8-13-10)9-5-2-1-3-6-9/h1-8,12H. The summed E-state index contributed by atoms with van der Waals surface area (Å²) in [6, 6.07) is 13.0. The van der Waals surface area contributed by atoms with Gasteiger partial charge in [0.1, 0.15) is 5.66 Å². The van der Waals surface area contributed by atoms with Crippen LogP contribution in [-0.2, 0) is 0 Å². The summed E-state index contributed by atoms with van der Waals surface area (Å²) in [6.45, 7) is -0.656. The molecule has 0 saturated carbocycles. The van der Waals surface area contributed by atoms with Crippen LogP contribution >= 0.6 is 0 Å². The highest BCUT2D eigenvalue weighted by Crippen LogP contribution is 1.89. The van der Waals surface area contributed by atoms with E-state index >= 15 is 0 Å². The van der Waals surface area contributed by atoms with E-state index in [-0.39, 0.29) is 0 Å². The maximum Gasteiger partial charge on any atom is 0.399 e. The van der Waals surface area contributed by atoms with Gasteiger partial charge in [0.25, 0.3) is 0 Å². The van der Waals surface area contributed by atoms with Gasteiger partial charge in [-0.3, -0.25) is 0 Å². The van der Waals surface area contributed by atoms with Crippen molar-refractivity contribution in [3.63, 3.8) is 0 Å². The summed E-state index contributed by atoms with van der Waals surface area (Å²) in [6.07, 6.45) is 1.56. The smallest absolute Gasteiger partial charge is 0.399 e.